The third kappa shape index (κ3) is 1.33. The van der Waals surface area contributed by atoms with Crippen molar-refractivity contribution in [3.8, 4) is 11.5 Å². The third-order valence-electron chi connectivity index (χ3n) is 1.08. The highest BCUT2D eigenvalue weighted by atomic mass is 35.5. The lowest BCUT2D eigenvalue weighted by molar-refractivity contribution is 0.373. The van der Waals surface area contributed by atoms with Gasteiger partial charge in [-0.25, -0.2) is 0 Å². The maximum atomic E-state index is 9.02. The molecule has 0 atom stereocenters. The molecule has 0 spiro atoms. The number of aromatic hydroxyl groups is 1. The van der Waals surface area contributed by atoms with Gasteiger partial charge in [0.1, 0.15) is 0 Å². The Labute approximate surface area is 64.0 Å². The summed E-state index contributed by atoms with van der Waals surface area (Å²) in [5, 5.41) is 9.45. The molecular weight excluding hydrogens is 152 g/mol. The highest BCUT2D eigenvalue weighted by Crippen LogP contribution is 2.27. The molecule has 2 nitrogen and oxygen atoms in total. The summed E-state index contributed by atoms with van der Waals surface area (Å²) >= 11 is 5.55. The second kappa shape index (κ2) is 2.80. The van der Waals surface area contributed by atoms with Gasteiger partial charge < -0.3 is 9.84 Å². The lowest BCUT2D eigenvalue weighted by atomic mass is 10.3. The number of rotatable bonds is 1. The van der Waals surface area contributed by atoms with E-state index >= 15 is 0 Å². The summed E-state index contributed by atoms with van der Waals surface area (Å²) in [4.78, 5) is 0. The minimum atomic E-state index is 0.0481. The standard InChI is InChI=1S/C7H6ClO2/c1-10-7-4-5(8)2-3-6(7)9/h3-4,9H,1H3. The maximum absolute atomic E-state index is 9.02. The van der Waals surface area contributed by atoms with Crippen LogP contribution in [0.4, 0.5) is 0 Å². The van der Waals surface area contributed by atoms with E-state index in [-0.39, 0.29) is 5.75 Å². The van der Waals surface area contributed by atoms with Gasteiger partial charge in [-0.2, -0.15) is 0 Å². The van der Waals surface area contributed by atoms with E-state index in [1.807, 2.05) is 0 Å². The maximum Gasteiger partial charge on any atom is 0.162 e. The van der Waals surface area contributed by atoms with Crippen LogP contribution in [0.15, 0.2) is 12.1 Å². The fraction of sp³-hybridized carbons (Fsp3) is 0.143. The number of hydrogen-bond donors (Lipinski definition) is 1. The Morgan fingerprint density at radius 2 is 2.40 bits per heavy atom. The molecular formula is C7H6ClO2. The molecule has 0 fully saturated rings. The Kier molecular flexibility index (Phi) is 2.02. The fourth-order valence-corrected chi connectivity index (χ4v) is 0.756. The number of phenols is 1. The molecule has 1 aromatic carbocycles. The van der Waals surface area contributed by atoms with Crippen molar-refractivity contribution in [1.29, 1.82) is 0 Å². The van der Waals surface area contributed by atoms with Crippen LogP contribution in [0.3, 0.4) is 0 Å². The van der Waals surface area contributed by atoms with Crippen molar-refractivity contribution in [3.63, 3.8) is 0 Å². The summed E-state index contributed by atoms with van der Waals surface area (Å²) in [5.41, 5.74) is 0. The average Bonchev–Trinajstić information content (AvgIpc) is 1.94. The molecule has 0 aromatic heterocycles. The molecule has 0 saturated carbocycles. The van der Waals surface area contributed by atoms with E-state index in [4.69, 9.17) is 21.4 Å². The van der Waals surface area contributed by atoms with E-state index in [1.54, 1.807) is 0 Å². The predicted molar refractivity (Wildman–Crippen MR) is 38.5 cm³/mol. The number of halogens is 1. The molecule has 53 valence electrons. The van der Waals surface area contributed by atoms with Crippen molar-refractivity contribution >= 4 is 11.6 Å². The summed E-state index contributed by atoms with van der Waals surface area (Å²) in [6, 6.07) is 5.47. The normalized spacial score (nSPS) is 9.40. The second-order valence-electron chi connectivity index (χ2n) is 1.73. The first-order chi connectivity index (χ1) is 4.74. The largest absolute Gasteiger partial charge is 0.504 e. The van der Waals surface area contributed by atoms with E-state index in [1.165, 1.54) is 19.2 Å². The van der Waals surface area contributed by atoms with Gasteiger partial charge in [0.25, 0.3) is 0 Å². The van der Waals surface area contributed by atoms with E-state index in [0.29, 0.717) is 10.8 Å². The van der Waals surface area contributed by atoms with E-state index < -0.39 is 0 Å². The molecule has 1 radical (unpaired) electrons. The summed E-state index contributed by atoms with van der Waals surface area (Å²) in [6.45, 7) is 0. The first kappa shape index (κ1) is 7.22. The van der Waals surface area contributed by atoms with Gasteiger partial charge in [0, 0.05) is 12.1 Å². The minimum Gasteiger partial charge on any atom is -0.504 e. The molecule has 0 unspecified atom stereocenters. The van der Waals surface area contributed by atoms with Crippen LogP contribution >= 0.6 is 11.6 Å². The van der Waals surface area contributed by atoms with Crippen molar-refractivity contribution in [3.05, 3.63) is 23.2 Å². The van der Waals surface area contributed by atoms with Crippen LogP contribution in [0.2, 0.25) is 5.02 Å². The Bertz CT molecular complexity index is 235. The molecule has 0 aliphatic rings. The van der Waals surface area contributed by atoms with Crippen LogP contribution in [0.1, 0.15) is 0 Å². The summed E-state index contributed by atoms with van der Waals surface area (Å²) in [5.74, 6) is 0.413. The van der Waals surface area contributed by atoms with Gasteiger partial charge >= 0.3 is 0 Å². The van der Waals surface area contributed by atoms with E-state index in [2.05, 4.69) is 6.07 Å². The summed E-state index contributed by atoms with van der Waals surface area (Å²) in [7, 11) is 1.46. The smallest absolute Gasteiger partial charge is 0.162 e. The molecule has 1 aromatic rings. The highest BCUT2D eigenvalue weighted by Gasteiger charge is 1.99. The zero-order valence-corrected chi connectivity index (χ0v) is 6.14. The predicted octanol–water partition coefficient (Wildman–Crippen LogP) is 1.85. The molecule has 0 bridgehead atoms. The lowest BCUT2D eigenvalue weighted by Crippen LogP contribution is -1.82. The molecule has 3 heteroatoms. The van der Waals surface area contributed by atoms with Crippen LogP contribution in [0.5, 0.6) is 11.5 Å². The van der Waals surface area contributed by atoms with Gasteiger partial charge in [-0.05, 0) is 6.07 Å². The zero-order valence-electron chi connectivity index (χ0n) is 5.39. The first-order valence-electron chi connectivity index (χ1n) is 2.68. The third-order valence-corrected chi connectivity index (χ3v) is 1.30. The van der Waals surface area contributed by atoms with Gasteiger partial charge in [0.15, 0.2) is 11.5 Å². The van der Waals surface area contributed by atoms with Crippen molar-refractivity contribution in [2.45, 2.75) is 0 Å². The summed E-state index contributed by atoms with van der Waals surface area (Å²) in [6.07, 6.45) is 0. The molecule has 0 saturated heterocycles. The molecule has 0 aliphatic carbocycles. The lowest BCUT2D eigenvalue weighted by Gasteiger charge is -2.00. The van der Waals surface area contributed by atoms with E-state index in [0.717, 1.165) is 0 Å². The SMILES string of the molecule is COc1cc(Cl)[c]cc1O. The van der Waals surface area contributed by atoms with Gasteiger partial charge in [0.05, 0.1) is 12.1 Å². The van der Waals surface area contributed by atoms with Crippen LogP contribution in [-0.2, 0) is 0 Å². The van der Waals surface area contributed by atoms with E-state index in [9.17, 15) is 0 Å². The minimum absolute atomic E-state index is 0.0481. The Hall–Kier alpha value is -0.890. The quantitative estimate of drug-likeness (QED) is 0.674. The molecule has 0 aliphatic heterocycles. The average molecular weight is 158 g/mol. The topological polar surface area (TPSA) is 29.5 Å². The van der Waals surface area contributed by atoms with Gasteiger partial charge in [-0.15, -0.1) is 0 Å². The number of benzene rings is 1. The molecule has 0 heterocycles. The number of hydrogen-bond acceptors (Lipinski definition) is 2. The van der Waals surface area contributed by atoms with Crippen LogP contribution in [-0.4, -0.2) is 12.2 Å². The molecule has 10 heavy (non-hydrogen) atoms. The zero-order chi connectivity index (χ0) is 7.56. The van der Waals surface area contributed by atoms with Crippen molar-refractivity contribution < 1.29 is 9.84 Å². The summed E-state index contributed by atoms with van der Waals surface area (Å²) < 4.78 is 4.77. The fourth-order valence-electron chi connectivity index (χ4n) is 0.603. The molecule has 1 N–H and O–H groups in total. The number of phenolic OH excluding ortho intramolecular Hbond substituents is 1. The Balaban J connectivity index is 3.09. The van der Waals surface area contributed by atoms with Crippen molar-refractivity contribution in [2.75, 3.05) is 7.11 Å². The van der Waals surface area contributed by atoms with Crippen molar-refractivity contribution in [1.82, 2.24) is 0 Å². The van der Waals surface area contributed by atoms with Crippen LogP contribution in [0.25, 0.3) is 0 Å². The Morgan fingerprint density at radius 1 is 1.70 bits per heavy atom. The first-order valence-corrected chi connectivity index (χ1v) is 3.06. The van der Waals surface area contributed by atoms with Crippen molar-refractivity contribution in [2.24, 2.45) is 0 Å². The van der Waals surface area contributed by atoms with Gasteiger partial charge in [-0.1, -0.05) is 11.6 Å². The second-order valence-corrected chi connectivity index (χ2v) is 2.14. The van der Waals surface area contributed by atoms with Gasteiger partial charge in [-0.3, -0.25) is 0 Å². The molecule has 0 amide bonds. The Morgan fingerprint density at radius 3 is 2.90 bits per heavy atom. The molecule has 1 rings (SSSR count). The van der Waals surface area contributed by atoms with Gasteiger partial charge in [0.2, 0.25) is 0 Å². The highest BCUT2D eigenvalue weighted by molar-refractivity contribution is 6.30. The number of methoxy groups -OCH3 is 1. The van der Waals surface area contributed by atoms with Crippen LogP contribution < -0.4 is 4.74 Å². The van der Waals surface area contributed by atoms with Crippen LogP contribution in [0, 0.1) is 6.07 Å². The monoisotopic (exact) mass is 157 g/mol. The number of ether oxygens (including phenoxy) is 1.